The molecule has 0 aliphatic rings. The molecule has 0 fully saturated rings. The van der Waals surface area contributed by atoms with Crippen molar-refractivity contribution in [2.45, 2.75) is 0 Å². The van der Waals surface area contributed by atoms with Gasteiger partial charge in [0.15, 0.2) is 11.5 Å². The predicted octanol–water partition coefficient (Wildman–Crippen LogP) is 3.12. The number of nitrogens with zero attached hydrogens (tertiary/aromatic N) is 1. The van der Waals surface area contributed by atoms with E-state index in [0.717, 1.165) is 0 Å². The molecule has 0 heterocycles. The van der Waals surface area contributed by atoms with Gasteiger partial charge in [0.05, 0.1) is 31.0 Å². The molecular formula is C16H15ClN2O3. The van der Waals surface area contributed by atoms with Crippen molar-refractivity contribution in [1.29, 1.82) is 0 Å². The highest BCUT2D eigenvalue weighted by Crippen LogP contribution is 2.29. The van der Waals surface area contributed by atoms with Crippen LogP contribution in [0.1, 0.15) is 15.9 Å². The first-order valence-corrected chi connectivity index (χ1v) is 6.84. The molecule has 6 heteroatoms. The third kappa shape index (κ3) is 3.56. The van der Waals surface area contributed by atoms with E-state index in [1.165, 1.54) is 13.3 Å². The molecule has 0 bridgehead atoms. The highest BCUT2D eigenvalue weighted by molar-refractivity contribution is 6.33. The standard InChI is InChI=1S/C16H15ClN2O3/c1-21-14-9-5-6-11(15(14)22-2)10-18-19-16(20)12-7-3-4-8-13(12)17/h3-10H,1-2H3,(H,19,20)/b18-10+. The van der Waals surface area contributed by atoms with Crippen LogP contribution >= 0.6 is 11.6 Å². The maximum absolute atomic E-state index is 12.0. The molecule has 2 rings (SSSR count). The van der Waals surface area contributed by atoms with Crippen LogP contribution in [0, 0.1) is 0 Å². The van der Waals surface area contributed by atoms with Crippen molar-refractivity contribution in [2.24, 2.45) is 5.10 Å². The summed E-state index contributed by atoms with van der Waals surface area (Å²) in [5, 5.41) is 4.29. The van der Waals surface area contributed by atoms with Gasteiger partial charge in [-0.1, -0.05) is 29.8 Å². The third-order valence-corrected chi connectivity index (χ3v) is 3.25. The number of rotatable bonds is 5. The highest BCUT2D eigenvalue weighted by Gasteiger charge is 2.09. The summed E-state index contributed by atoms with van der Waals surface area (Å²) in [5.41, 5.74) is 3.47. The minimum absolute atomic E-state index is 0.360. The van der Waals surface area contributed by atoms with Crippen LogP contribution in [-0.4, -0.2) is 26.3 Å². The highest BCUT2D eigenvalue weighted by atomic mass is 35.5. The number of ether oxygens (including phenoxy) is 2. The molecule has 0 aliphatic carbocycles. The topological polar surface area (TPSA) is 59.9 Å². The molecule has 5 nitrogen and oxygen atoms in total. The Balaban J connectivity index is 2.13. The molecule has 0 saturated carbocycles. The van der Waals surface area contributed by atoms with E-state index in [9.17, 15) is 4.79 Å². The molecule has 1 amide bonds. The molecule has 1 N–H and O–H groups in total. The molecule has 0 saturated heterocycles. The van der Waals surface area contributed by atoms with Crippen LogP contribution in [0.3, 0.4) is 0 Å². The molecular weight excluding hydrogens is 304 g/mol. The van der Waals surface area contributed by atoms with Crippen LogP contribution in [0.15, 0.2) is 47.6 Å². The van der Waals surface area contributed by atoms with Gasteiger partial charge < -0.3 is 9.47 Å². The number of hydrazone groups is 1. The summed E-state index contributed by atoms with van der Waals surface area (Å²) in [6.07, 6.45) is 1.48. The largest absolute Gasteiger partial charge is 0.493 e. The minimum Gasteiger partial charge on any atom is -0.493 e. The summed E-state index contributed by atoms with van der Waals surface area (Å²) < 4.78 is 10.5. The zero-order chi connectivity index (χ0) is 15.9. The van der Waals surface area contributed by atoms with E-state index in [-0.39, 0.29) is 5.91 Å². The molecule has 0 radical (unpaired) electrons. The Morgan fingerprint density at radius 2 is 1.91 bits per heavy atom. The molecule has 0 aliphatic heterocycles. The fourth-order valence-electron chi connectivity index (χ4n) is 1.88. The Bertz CT molecular complexity index is 702. The van der Waals surface area contributed by atoms with Gasteiger partial charge >= 0.3 is 0 Å². The van der Waals surface area contributed by atoms with Crippen molar-refractivity contribution in [1.82, 2.24) is 5.43 Å². The van der Waals surface area contributed by atoms with Gasteiger partial charge in [-0.25, -0.2) is 5.43 Å². The zero-order valence-electron chi connectivity index (χ0n) is 12.2. The normalized spacial score (nSPS) is 10.5. The van der Waals surface area contributed by atoms with Crippen LogP contribution in [0.25, 0.3) is 0 Å². The van der Waals surface area contributed by atoms with E-state index in [4.69, 9.17) is 21.1 Å². The second-order valence-electron chi connectivity index (χ2n) is 4.26. The fourth-order valence-corrected chi connectivity index (χ4v) is 2.10. The van der Waals surface area contributed by atoms with Crippen LogP contribution < -0.4 is 14.9 Å². The number of carbonyl (C=O) groups excluding carboxylic acids is 1. The van der Waals surface area contributed by atoms with Crippen molar-refractivity contribution in [3.05, 3.63) is 58.6 Å². The lowest BCUT2D eigenvalue weighted by atomic mass is 10.2. The van der Waals surface area contributed by atoms with Gasteiger partial charge in [-0.2, -0.15) is 5.10 Å². The second-order valence-corrected chi connectivity index (χ2v) is 4.67. The molecule has 2 aromatic carbocycles. The summed E-state index contributed by atoms with van der Waals surface area (Å²) in [7, 11) is 3.09. The average molecular weight is 319 g/mol. The Morgan fingerprint density at radius 1 is 1.14 bits per heavy atom. The number of amides is 1. The maximum atomic E-state index is 12.0. The Morgan fingerprint density at radius 3 is 2.59 bits per heavy atom. The summed E-state index contributed by atoms with van der Waals surface area (Å²) in [6.45, 7) is 0. The number of hydrogen-bond acceptors (Lipinski definition) is 4. The van der Waals surface area contributed by atoms with E-state index in [0.29, 0.717) is 27.6 Å². The quantitative estimate of drug-likeness (QED) is 0.680. The van der Waals surface area contributed by atoms with E-state index in [1.807, 2.05) is 0 Å². The number of halogens is 1. The molecule has 0 spiro atoms. The molecule has 114 valence electrons. The number of benzene rings is 2. The third-order valence-electron chi connectivity index (χ3n) is 2.92. The number of para-hydroxylation sites is 1. The second kappa shape index (κ2) is 7.47. The molecule has 0 unspecified atom stereocenters. The van der Waals surface area contributed by atoms with Crippen molar-refractivity contribution >= 4 is 23.7 Å². The van der Waals surface area contributed by atoms with Gasteiger partial charge in [-0.15, -0.1) is 0 Å². The lowest BCUT2D eigenvalue weighted by Crippen LogP contribution is -2.18. The van der Waals surface area contributed by atoms with Crippen molar-refractivity contribution in [3.8, 4) is 11.5 Å². The average Bonchev–Trinajstić information content (AvgIpc) is 2.54. The number of hydrogen-bond donors (Lipinski definition) is 1. The van der Waals surface area contributed by atoms with Gasteiger partial charge in [0.2, 0.25) is 0 Å². The van der Waals surface area contributed by atoms with E-state index in [1.54, 1.807) is 49.6 Å². The molecule has 0 atom stereocenters. The SMILES string of the molecule is COc1cccc(/C=N/NC(=O)c2ccccc2Cl)c1OC. The van der Waals surface area contributed by atoms with Crippen molar-refractivity contribution in [3.63, 3.8) is 0 Å². The van der Waals surface area contributed by atoms with E-state index in [2.05, 4.69) is 10.5 Å². The minimum atomic E-state index is -0.385. The Kier molecular flexibility index (Phi) is 5.38. The van der Waals surface area contributed by atoms with Crippen LogP contribution in [-0.2, 0) is 0 Å². The molecule has 22 heavy (non-hydrogen) atoms. The van der Waals surface area contributed by atoms with Crippen LogP contribution in [0.4, 0.5) is 0 Å². The number of carbonyl (C=O) groups is 1. The number of methoxy groups -OCH3 is 2. The first-order chi connectivity index (χ1) is 10.7. The van der Waals surface area contributed by atoms with Crippen LogP contribution in [0.2, 0.25) is 5.02 Å². The summed E-state index contributed by atoms with van der Waals surface area (Å²) >= 11 is 5.95. The summed E-state index contributed by atoms with van der Waals surface area (Å²) in [5.74, 6) is 0.744. The summed E-state index contributed by atoms with van der Waals surface area (Å²) in [4.78, 5) is 12.0. The van der Waals surface area contributed by atoms with Gasteiger partial charge in [-0.3, -0.25) is 4.79 Å². The van der Waals surface area contributed by atoms with Gasteiger partial charge in [-0.05, 0) is 24.3 Å². The lowest BCUT2D eigenvalue weighted by Gasteiger charge is -2.09. The lowest BCUT2D eigenvalue weighted by molar-refractivity contribution is 0.0955. The molecule has 0 aromatic heterocycles. The fraction of sp³-hybridized carbons (Fsp3) is 0.125. The van der Waals surface area contributed by atoms with Crippen LogP contribution in [0.5, 0.6) is 11.5 Å². The van der Waals surface area contributed by atoms with Gasteiger partial charge in [0.1, 0.15) is 0 Å². The smallest absolute Gasteiger partial charge is 0.272 e. The first kappa shape index (κ1) is 15.9. The van der Waals surface area contributed by atoms with Crippen molar-refractivity contribution < 1.29 is 14.3 Å². The zero-order valence-corrected chi connectivity index (χ0v) is 12.9. The monoisotopic (exact) mass is 318 g/mol. The van der Waals surface area contributed by atoms with Gasteiger partial charge in [0, 0.05) is 5.56 Å². The summed E-state index contributed by atoms with van der Waals surface area (Å²) in [6, 6.07) is 12.1. The first-order valence-electron chi connectivity index (χ1n) is 6.46. The van der Waals surface area contributed by atoms with E-state index < -0.39 is 0 Å². The van der Waals surface area contributed by atoms with E-state index >= 15 is 0 Å². The Hall–Kier alpha value is -2.53. The van der Waals surface area contributed by atoms with Crippen molar-refractivity contribution in [2.75, 3.05) is 14.2 Å². The Labute approximate surface area is 133 Å². The van der Waals surface area contributed by atoms with Gasteiger partial charge in [0.25, 0.3) is 5.91 Å². The molecule has 2 aromatic rings. The predicted molar refractivity (Wildman–Crippen MR) is 86.1 cm³/mol. The maximum Gasteiger partial charge on any atom is 0.272 e. The number of nitrogens with one attached hydrogen (secondary N) is 1.